The monoisotopic (exact) mass is 283 g/mol. The van der Waals surface area contributed by atoms with Gasteiger partial charge in [-0.1, -0.05) is 44.3 Å². The van der Waals surface area contributed by atoms with E-state index in [9.17, 15) is 0 Å². The summed E-state index contributed by atoms with van der Waals surface area (Å²) >= 11 is 4.80. The Balaban J connectivity index is 2.09. The molecule has 0 bridgehead atoms. The number of hydrogen-bond acceptors (Lipinski definition) is 4. The summed E-state index contributed by atoms with van der Waals surface area (Å²) in [6.45, 7) is 0. The molecule has 1 aliphatic carbocycles. The average Bonchev–Trinajstić information content (AvgIpc) is 2.35. The summed E-state index contributed by atoms with van der Waals surface area (Å²) in [6, 6.07) is 0.496. The zero-order valence-corrected chi connectivity index (χ0v) is 12.8. The molecule has 1 saturated carbocycles. The number of rotatable bonds is 1. The van der Waals surface area contributed by atoms with E-state index >= 15 is 0 Å². The van der Waals surface area contributed by atoms with Crippen LogP contribution in [-0.4, -0.2) is 28.5 Å². The minimum Gasteiger partial charge on any atom is -0.322 e. The molecule has 0 aromatic heterocycles. The van der Waals surface area contributed by atoms with Crippen LogP contribution in [0.2, 0.25) is 0 Å². The SMILES string of the molecule is NC1/C=C\CCC(S)N(C2CCCCCCC2)C1N. The topological polar surface area (TPSA) is 55.3 Å². The third-order valence-corrected chi connectivity index (χ3v) is 5.05. The van der Waals surface area contributed by atoms with Gasteiger partial charge in [-0.3, -0.25) is 4.90 Å². The molecule has 3 unspecified atom stereocenters. The Kier molecular flexibility index (Phi) is 6.20. The van der Waals surface area contributed by atoms with Gasteiger partial charge in [-0.2, -0.15) is 12.6 Å². The van der Waals surface area contributed by atoms with Crippen molar-refractivity contribution in [3.8, 4) is 0 Å². The van der Waals surface area contributed by atoms with Gasteiger partial charge in [-0.15, -0.1) is 0 Å². The molecule has 19 heavy (non-hydrogen) atoms. The first-order chi connectivity index (χ1) is 9.20. The van der Waals surface area contributed by atoms with Crippen molar-refractivity contribution in [2.75, 3.05) is 0 Å². The summed E-state index contributed by atoms with van der Waals surface area (Å²) in [5.41, 5.74) is 12.6. The molecule has 1 fully saturated rings. The van der Waals surface area contributed by atoms with Crippen LogP contribution < -0.4 is 11.5 Å². The molecule has 4 heteroatoms. The number of allylic oxidation sites excluding steroid dienone is 1. The van der Waals surface area contributed by atoms with E-state index in [2.05, 4.69) is 17.1 Å². The summed E-state index contributed by atoms with van der Waals surface area (Å²) in [6.07, 6.45) is 15.5. The van der Waals surface area contributed by atoms with Crippen molar-refractivity contribution < 1.29 is 0 Å². The summed E-state index contributed by atoms with van der Waals surface area (Å²) < 4.78 is 0. The highest BCUT2D eigenvalue weighted by Crippen LogP contribution is 2.28. The maximum atomic E-state index is 6.40. The molecule has 3 nitrogen and oxygen atoms in total. The number of thiol groups is 1. The quantitative estimate of drug-likeness (QED) is 0.512. The van der Waals surface area contributed by atoms with Crippen molar-refractivity contribution in [2.24, 2.45) is 11.5 Å². The highest BCUT2D eigenvalue weighted by Gasteiger charge is 2.31. The standard InChI is InChI=1S/C15H29N3S/c16-13-10-6-7-11-14(19)18(15(13)17)12-8-4-2-1-3-5-9-12/h6,10,12-15,19H,1-5,7-9,11,16-17H2/b10-6-. The third-order valence-electron chi connectivity index (χ3n) is 4.53. The summed E-state index contributed by atoms with van der Waals surface area (Å²) in [7, 11) is 0. The lowest BCUT2D eigenvalue weighted by molar-refractivity contribution is 0.0891. The van der Waals surface area contributed by atoms with E-state index in [0.717, 1.165) is 12.8 Å². The second kappa shape index (κ2) is 7.67. The van der Waals surface area contributed by atoms with E-state index < -0.39 is 0 Å². The first kappa shape index (κ1) is 15.4. The minimum absolute atomic E-state index is 0.0691. The highest BCUT2D eigenvalue weighted by atomic mass is 32.1. The Morgan fingerprint density at radius 2 is 1.58 bits per heavy atom. The molecule has 2 aliphatic rings. The number of hydrogen-bond donors (Lipinski definition) is 3. The normalized spacial score (nSPS) is 37.9. The van der Waals surface area contributed by atoms with E-state index in [-0.39, 0.29) is 17.6 Å². The van der Waals surface area contributed by atoms with Gasteiger partial charge in [0.15, 0.2) is 0 Å². The van der Waals surface area contributed by atoms with Crippen LogP contribution in [0.15, 0.2) is 12.2 Å². The third kappa shape index (κ3) is 4.22. The van der Waals surface area contributed by atoms with Crippen LogP contribution in [-0.2, 0) is 0 Å². The maximum absolute atomic E-state index is 6.40. The Morgan fingerprint density at radius 1 is 0.947 bits per heavy atom. The molecule has 0 amide bonds. The van der Waals surface area contributed by atoms with Gasteiger partial charge >= 0.3 is 0 Å². The van der Waals surface area contributed by atoms with Crippen molar-refractivity contribution in [2.45, 2.75) is 81.4 Å². The molecular weight excluding hydrogens is 254 g/mol. The lowest BCUT2D eigenvalue weighted by Crippen LogP contribution is -2.59. The molecule has 1 heterocycles. The molecule has 0 spiro atoms. The van der Waals surface area contributed by atoms with Crippen LogP contribution >= 0.6 is 12.6 Å². The van der Waals surface area contributed by atoms with Crippen LogP contribution in [0.5, 0.6) is 0 Å². The molecule has 0 aromatic carbocycles. The van der Waals surface area contributed by atoms with Gasteiger partial charge in [-0.25, -0.2) is 0 Å². The first-order valence-electron chi connectivity index (χ1n) is 7.83. The molecule has 3 atom stereocenters. The zero-order valence-electron chi connectivity index (χ0n) is 11.9. The fourth-order valence-corrected chi connectivity index (χ4v) is 3.87. The predicted octanol–water partition coefficient (Wildman–Crippen LogP) is 2.62. The van der Waals surface area contributed by atoms with E-state index in [1.165, 1.54) is 44.9 Å². The van der Waals surface area contributed by atoms with Crippen molar-refractivity contribution in [3.63, 3.8) is 0 Å². The van der Waals surface area contributed by atoms with Crippen LogP contribution in [0.1, 0.15) is 57.8 Å². The Bertz CT molecular complexity index is 287. The second-order valence-electron chi connectivity index (χ2n) is 6.00. The van der Waals surface area contributed by atoms with Gasteiger partial charge in [0.1, 0.15) is 0 Å². The second-order valence-corrected chi connectivity index (χ2v) is 6.60. The minimum atomic E-state index is -0.0940. The van der Waals surface area contributed by atoms with Crippen molar-refractivity contribution >= 4 is 12.6 Å². The molecular formula is C15H29N3S. The molecule has 1 aliphatic heterocycles. The van der Waals surface area contributed by atoms with Crippen LogP contribution in [0.3, 0.4) is 0 Å². The van der Waals surface area contributed by atoms with E-state index in [1.807, 2.05) is 0 Å². The van der Waals surface area contributed by atoms with Gasteiger partial charge in [0.25, 0.3) is 0 Å². The molecule has 0 radical (unpaired) electrons. The summed E-state index contributed by atoms with van der Waals surface area (Å²) in [4.78, 5) is 2.41. The van der Waals surface area contributed by atoms with E-state index in [1.54, 1.807) is 0 Å². The Morgan fingerprint density at radius 3 is 2.26 bits per heavy atom. The predicted molar refractivity (Wildman–Crippen MR) is 85.0 cm³/mol. The molecule has 2 rings (SSSR count). The van der Waals surface area contributed by atoms with E-state index in [0.29, 0.717) is 6.04 Å². The largest absolute Gasteiger partial charge is 0.322 e. The lowest BCUT2D eigenvalue weighted by Gasteiger charge is -2.43. The highest BCUT2D eigenvalue weighted by molar-refractivity contribution is 7.80. The van der Waals surface area contributed by atoms with Crippen molar-refractivity contribution in [1.82, 2.24) is 4.90 Å². The maximum Gasteiger partial charge on any atom is 0.0776 e. The molecule has 4 N–H and O–H groups in total. The smallest absolute Gasteiger partial charge is 0.0776 e. The van der Waals surface area contributed by atoms with Gasteiger partial charge in [0.2, 0.25) is 0 Å². The van der Waals surface area contributed by atoms with Crippen LogP contribution in [0.25, 0.3) is 0 Å². The molecule has 110 valence electrons. The summed E-state index contributed by atoms with van der Waals surface area (Å²) in [5.74, 6) is 0. The van der Waals surface area contributed by atoms with Gasteiger partial charge in [-0.05, 0) is 25.7 Å². The van der Waals surface area contributed by atoms with Gasteiger partial charge in [0.05, 0.1) is 17.6 Å². The van der Waals surface area contributed by atoms with Crippen LogP contribution in [0, 0.1) is 0 Å². The Labute approximate surface area is 123 Å². The summed E-state index contributed by atoms with van der Waals surface area (Å²) in [5, 5.41) is 0.246. The zero-order chi connectivity index (χ0) is 13.7. The Hall–Kier alpha value is -0.0300. The molecule has 0 aromatic rings. The lowest BCUT2D eigenvalue weighted by atomic mass is 9.94. The number of nitrogens with two attached hydrogens (primary N) is 2. The van der Waals surface area contributed by atoms with Gasteiger partial charge < -0.3 is 11.5 Å². The fourth-order valence-electron chi connectivity index (χ4n) is 3.38. The van der Waals surface area contributed by atoms with Crippen LogP contribution in [0.4, 0.5) is 0 Å². The van der Waals surface area contributed by atoms with Gasteiger partial charge in [0, 0.05) is 6.04 Å². The van der Waals surface area contributed by atoms with E-state index in [4.69, 9.17) is 24.1 Å². The first-order valence-corrected chi connectivity index (χ1v) is 8.35. The fraction of sp³-hybridized carbons (Fsp3) is 0.867. The number of nitrogens with zero attached hydrogens (tertiary/aromatic N) is 1. The van der Waals surface area contributed by atoms with Crippen molar-refractivity contribution in [3.05, 3.63) is 12.2 Å². The molecule has 0 saturated heterocycles. The van der Waals surface area contributed by atoms with Crippen molar-refractivity contribution in [1.29, 1.82) is 0 Å². The average molecular weight is 283 g/mol.